The number of carbonyl (C=O) groups excluding carboxylic acids is 1. The molecule has 1 aromatic rings. The van der Waals surface area contributed by atoms with Crippen LogP contribution in [0.4, 0.5) is 11.5 Å². The van der Waals surface area contributed by atoms with Crippen LogP contribution in [0.2, 0.25) is 0 Å². The monoisotopic (exact) mass is 250 g/mol. The number of hydrogen-bond donors (Lipinski definition) is 2. The highest BCUT2D eigenvalue weighted by molar-refractivity contribution is 5.99. The number of nitrogens with two attached hydrogens (primary N) is 1. The largest absolute Gasteiger partial charge is 0.383 e. The molecule has 1 saturated carbocycles. The average Bonchev–Trinajstić information content (AvgIpc) is 2.27. The molecule has 1 fully saturated rings. The van der Waals surface area contributed by atoms with Crippen molar-refractivity contribution >= 4 is 17.4 Å². The number of anilines is 1. The fourth-order valence-electron chi connectivity index (χ4n) is 2.03. The topological polar surface area (TPSA) is 111 Å². The number of amides is 1. The van der Waals surface area contributed by atoms with Gasteiger partial charge in [0.1, 0.15) is 12.0 Å². The molecule has 1 amide bonds. The maximum Gasteiger partial charge on any atom is 0.288 e. The first-order valence-corrected chi connectivity index (χ1v) is 5.68. The van der Waals surface area contributed by atoms with Crippen LogP contribution < -0.4 is 11.1 Å². The van der Waals surface area contributed by atoms with Crippen molar-refractivity contribution in [3.63, 3.8) is 0 Å². The standard InChI is InChI=1S/C11H14N4O3/c1-6-2-7(3-6)14-11(16)9-4-8(15(17)18)5-13-10(9)12/h4-7H,2-3H2,1H3,(H2,12,13)(H,14,16). The van der Waals surface area contributed by atoms with E-state index in [1.807, 2.05) is 0 Å². The second-order valence-electron chi connectivity index (χ2n) is 4.63. The Morgan fingerprint density at radius 2 is 2.28 bits per heavy atom. The van der Waals surface area contributed by atoms with Gasteiger partial charge in [-0.3, -0.25) is 14.9 Å². The maximum absolute atomic E-state index is 11.9. The van der Waals surface area contributed by atoms with E-state index in [-0.39, 0.29) is 23.1 Å². The van der Waals surface area contributed by atoms with Gasteiger partial charge in [-0.25, -0.2) is 4.98 Å². The van der Waals surface area contributed by atoms with Gasteiger partial charge in [0.15, 0.2) is 0 Å². The van der Waals surface area contributed by atoms with Gasteiger partial charge >= 0.3 is 0 Å². The zero-order valence-electron chi connectivity index (χ0n) is 9.92. The lowest BCUT2D eigenvalue weighted by Crippen LogP contribution is -2.43. The van der Waals surface area contributed by atoms with Crippen LogP contribution >= 0.6 is 0 Å². The number of nitrogens with one attached hydrogen (secondary N) is 1. The maximum atomic E-state index is 11.9. The third-order valence-corrected chi connectivity index (χ3v) is 3.07. The zero-order valence-corrected chi connectivity index (χ0v) is 9.92. The van der Waals surface area contributed by atoms with Crippen LogP contribution in [0.1, 0.15) is 30.1 Å². The molecule has 0 aromatic carbocycles. The summed E-state index contributed by atoms with van der Waals surface area (Å²) in [6, 6.07) is 1.28. The van der Waals surface area contributed by atoms with Crippen molar-refractivity contribution in [2.75, 3.05) is 5.73 Å². The summed E-state index contributed by atoms with van der Waals surface area (Å²) >= 11 is 0. The minimum atomic E-state index is -0.603. The molecule has 3 N–H and O–H groups in total. The van der Waals surface area contributed by atoms with Crippen molar-refractivity contribution in [2.24, 2.45) is 5.92 Å². The van der Waals surface area contributed by atoms with Gasteiger partial charge in [0.05, 0.1) is 10.5 Å². The number of rotatable bonds is 3. The van der Waals surface area contributed by atoms with Crippen LogP contribution in [0.25, 0.3) is 0 Å². The van der Waals surface area contributed by atoms with Gasteiger partial charge in [-0.2, -0.15) is 0 Å². The Balaban J connectivity index is 2.13. The van der Waals surface area contributed by atoms with Gasteiger partial charge < -0.3 is 11.1 Å². The van der Waals surface area contributed by atoms with Gasteiger partial charge in [0.25, 0.3) is 11.6 Å². The normalized spacial score (nSPS) is 22.1. The van der Waals surface area contributed by atoms with Gasteiger partial charge in [0.2, 0.25) is 0 Å². The molecule has 96 valence electrons. The molecule has 18 heavy (non-hydrogen) atoms. The molecule has 7 nitrogen and oxygen atoms in total. The zero-order chi connectivity index (χ0) is 13.3. The highest BCUT2D eigenvalue weighted by Gasteiger charge is 2.28. The second-order valence-corrected chi connectivity index (χ2v) is 4.63. The van der Waals surface area contributed by atoms with Crippen molar-refractivity contribution < 1.29 is 9.72 Å². The predicted octanol–water partition coefficient (Wildman–Crippen LogP) is 1.10. The van der Waals surface area contributed by atoms with Gasteiger partial charge in [-0.15, -0.1) is 0 Å². The molecule has 2 rings (SSSR count). The van der Waals surface area contributed by atoms with Crippen molar-refractivity contribution in [3.05, 3.63) is 27.9 Å². The highest BCUT2D eigenvalue weighted by atomic mass is 16.6. The van der Waals surface area contributed by atoms with Crippen LogP contribution in [0, 0.1) is 16.0 Å². The molecule has 0 bridgehead atoms. The smallest absolute Gasteiger partial charge is 0.288 e. The quantitative estimate of drug-likeness (QED) is 0.616. The molecule has 1 heterocycles. The first kappa shape index (κ1) is 12.3. The minimum Gasteiger partial charge on any atom is -0.383 e. The minimum absolute atomic E-state index is 0.00507. The summed E-state index contributed by atoms with van der Waals surface area (Å²) in [6.07, 6.45) is 2.89. The van der Waals surface area contributed by atoms with Crippen molar-refractivity contribution in [3.8, 4) is 0 Å². The fourth-order valence-corrected chi connectivity index (χ4v) is 2.03. The van der Waals surface area contributed by atoms with Crippen LogP contribution in [0.15, 0.2) is 12.3 Å². The Bertz CT molecular complexity index is 497. The van der Waals surface area contributed by atoms with Crippen molar-refractivity contribution in [2.45, 2.75) is 25.8 Å². The molecule has 0 atom stereocenters. The third kappa shape index (κ3) is 2.39. The summed E-state index contributed by atoms with van der Waals surface area (Å²) < 4.78 is 0. The number of nitrogens with zero attached hydrogens (tertiary/aromatic N) is 2. The van der Waals surface area contributed by atoms with E-state index >= 15 is 0 Å². The number of carbonyl (C=O) groups is 1. The number of hydrogen-bond acceptors (Lipinski definition) is 5. The third-order valence-electron chi connectivity index (χ3n) is 3.07. The molecule has 0 saturated heterocycles. The van der Waals surface area contributed by atoms with Crippen molar-refractivity contribution in [1.82, 2.24) is 10.3 Å². The molecule has 0 radical (unpaired) electrons. The summed E-state index contributed by atoms with van der Waals surface area (Å²) in [4.78, 5) is 25.6. The molecule has 1 aliphatic carbocycles. The Kier molecular flexibility index (Phi) is 3.14. The van der Waals surface area contributed by atoms with E-state index < -0.39 is 10.8 Å². The van der Waals surface area contributed by atoms with Crippen molar-refractivity contribution in [1.29, 1.82) is 0 Å². The number of aromatic nitrogens is 1. The predicted molar refractivity (Wildman–Crippen MR) is 65.0 cm³/mol. The van der Waals surface area contributed by atoms with E-state index in [2.05, 4.69) is 17.2 Å². The molecular weight excluding hydrogens is 236 g/mol. The SMILES string of the molecule is CC1CC(NC(=O)c2cc([N+](=O)[O-])cnc2N)C1. The van der Waals surface area contributed by atoms with Gasteiger partial charge in [-0.1, -0.05) is 6.92 Å². The van der Waals surface area contributed by atoms with Crippen LogP contribution in [-0.2, 0) is 0 Å². The Labute approximate surface area is 104 Å². The van der Waals surface area contributed by atoms with Gasteiger partial charge in [0, 0.05) is 12.1 Å². The summed E-state index contributed by atoms with van der Waals surface area (Å²) in [7, 11) is 0. The number of nitrogen functional groups attached to an aromatic ring is 1. The molecule has 0 unspecified atom stereocenters. The van der Waals surface area contributed by atoms with Crippen LogP contribution in [-0.4, -0.2) is 21.9 Å². The molecular formula is C11H14N4O3. The number of pyridine rings is 1. The van der Waals surface area contributed by atoms with E-state index in [0.717, 1.165) is 25.1 Å². The van der Waals surface area contributed by atoms with E-state index in [4.69, 9.17) is 5.73 Å². The van der Waals surface area contributed by atoms with E-state index in [1.54, 1.807) is 0 Å². The summed E-state index contributed by atoms with van der Waals surface area (Å²) in [5.74, 6) is 0.210. The molecule has 0 aliphatic heterocycles. The lowest BCUT2D eigenvalue weighted by molar-refractivity contribution is -0.385. The van der Waals surface area contributed by atoms with Crippen LogP contribution in [0.3, 0.4) is 0 Å². The second kappa shape index (κ2) is 4.59. The summed E-state index contributed by atoms with van der Waals surface area (Å²) in [6.45, 7) is 2.10. The molecule has 0 spiro atoms. The average molecular weight is 250 g/mol. The lowest BCUT2D eigenvalue weighted by atomic mass is 9.82. The van der Waals surface area contributed by atoms with E-state index in [9.17, 15) is 14.9 Å². The Hall–Kier alpha value is -2.18. The fraction of sp³-hybridized carbons (Fsp3) is 0.455. The van der Waals surface area contributed by atoms with Gasteiger partial charge in [-0.05, 0) is 18.8 Å². The number of nitro groups is 1. The molecule has 1 aromatic heterocycles. The summed E-state index contributed by atoms with van der Waals surface area (Å²) in [5, 5.41) is 13.4. The first-order valence-electron chi connectivity index (χ1n) is 5.68. The highest BCUT2D eigenvalue weighted by Crippen LogP contribution is 2.27. The lowest BCUT2D eigenvalue weighted by Gasteiger charge is -2.33. The molecule has 1 aliphatic rings. The van der Waals surface area contributed by atoms with E-state index in [0.29, 0.717) is 5.92 Å². The first-order chi connectivity index (χ1) is 8.47. The van der Waals surface area contributed by atoms with E-state index in [1.165, 1.54) is 0 Å². The Morgan fingerprint density at radius 1 is 1.61 bits per heavy atom. The van der Waals surface area contributed by atoms with Crippen LogP contribution in [0.5, 0.6) is 0 Å². The molecule has 7 heteroatoms. The Morgan fingerprint density at radius 3 is 2.83 bits per heavy atom. The summed E-state index contributed by atoms with van der Waals surface area (Å²) in [5.41, 5.74) is 5.38.